The Kier molecular flexibility index (Phi) is 5.38. The first-order chi connectivity index (χ1) is 12.9. The molecular formula is C21H25N5. The summed E-state index contributed by atoms with van der Waals surface area (Å²) in [6.45, 7) is 6.38. The molecule has 26 heavy (non-hydrogen) atoms. The lowest BCUT2D eigenvalue weighted by Gasteiger charge is -2.22. The smallest absolute Gasteiger partial charge is 0.0649 e. The van der Waals surface area contributed by atoms with Crippen LogP contribution in [0, 0.1) is 0 Å². The average molecular weight is 347 g/mol. The summed E-state index contributed by atoms with van der Waals surface area (Å²) in [6, 6.07) is 16.7. The van der Waals surface area contributed by atoms with Crippen LogP contribution in [-0.4, -0.2) is 50.7 Å². The van der Waals surface area contributed by atoms with Crippen LogP contribution in [0.1, 0.15) is 17.7 Å². The predicted molar refractivity (Wildman–Crippen MR) is 103 cm³/mol. The number of pyridine rings is 1. The molecule has 1 fully saturated rings. The number of rotatable bonds is 5. The molecule has 3 aromatic rings. The summed E-state index contributed by atoms with van der Waals surface area (Å²) in [5, 5.41) is 4.52. The lowest BCUT2D eigenvalue weighted by Crippen LogP contribution is -2.30. The zero-order chi connectivity index (χ0) is 17.6. The highest BCUT2D eigenvalue weighted by atomic mass is 15.3. The van der Waals surface area contributed by atoms with Crippen molar-refractivity contribution in [1.29, 1.82) is 0 Å². The molecule has 1 saturated heterocycles. The van der Waals surface area contributed by atoms with Crippen LogP contribution in [0.2, 0.25) is 0 Å². The van der Waals surface area contributed by atoms with Gasteiger partial charge in [0.1, 0.15) is 0 Å². The number of hydrogen-bond donors (Lipinski definition) is 0. The molecule has 0 N–H and O–H groups in total. The Bertz CT molecular complexity index is 800. The largest absolute Gasteiger partial charge is 0.298 e. The van der Waals surface area contributed by atoms with Gasteiger partial charge < -0.3 is 0 Å². The topological polar surface area (TPSA) is 37.2 Å². The van der Waals surface area contributed by atoms with Gasteiger partial charge in [-0.05, 0) is 49.3 Å². The van der Waals surface area contributed by atoms with Gasteiger partial charge in [0, 0.05) is 44.8 Å². The minimum Gasteiger partial charge on any atom is -0.298 e. The Morgan fingerprint density at radius 2 is 1.58 bits per heavy atom. The third-order valence-corrected chi connectivity index (χ3v) is 4.92. The predicted octanol–water partition coefficient (Wildman–Crippen LogP) is 2.98. The van der Waals surface area contributed by atoms with Crippen LogP contribution in [0.15, 0.2) is 67.1 Å². The number of benzene rings is 1. The molecule has 3 heterocycles. The third-order valence-electron chi connectivity index (χ3n) is 4.92. The van der Waals surface area contributed by atoms with E-state index in [1.807, 2.05) is 30.7 Å². The summed E-state index contributed by atoms with van der Waals surface area (Å²) in [4.78, 5) is 9.30. The molecule has 5 heteroatoms. The zero-order valence-electron chi connectivity index (χ0n) is 15.0. The summed E-state index contributed by atoms with van der Waals surface area (Å²) < 4.78 is 2.05. The Hall–Kier alpha value is -2.50. The SMILES string of the molecule is c1ccc(-n2nccc2CN2CCCN(Cc3cccnc3)CC2)cc1. The molecule has 134 valence electrons. The van der Waals surface area contributed by atoms with Gasteiger partial charge in [0.15, 0.2) is 0 Å². The maximum Gasteiger partial charge on any atom is 0.0649 e. The van der Waals surface area contributed by atoms with E-state index in [4.69, 9.17) is 0 Å². The fourth-order valence-electron chi connectivity index (χ4n) is 3.57. The van der Waals surface area contributed by atoms with E-state index in [0.29, 0.717) is 0 Å². The van der Waals surface area contributed by atoms with Gasteiger partial charge >= 0.3 is 0 Å². The maximum absolute atomic E-state index is 4.52. The van der Waals surface area contributed by atoms with Crippen LogP contribution >= 0.6 is 0 Å². The van der Waals surface area contributed by atoms with Crippen molar-refractivity contribution in [1.82, 2.24) is 24.6 Å². The van der Waals surface area contributed by atoms with Gasteiger partial charge in [-0.2, -0.15) is 5.10 Å². The Morgan fingerprint density at radius 3 is 2.35 bits per heavy atom. The maximum atomic E-state index is 4.52. The molecule has 0 amide bonds. The molecule has 0 atom stereocenters. The van der Waals surface area contributed by atoms with E-state index in [2.05, 4.69) is 61.0 Å². The van der Waals surface area contributed by atoms with Crippen molar-refractivity contribution in [3.05, 3.63) is 78.4 Å². The van der Waals surface area contributed by atoms with Gasteiger partial charge in [0.25, 0.3) is 0 Å². The fraction of sp³-hybridized carbons (Fsp3) is 0.333. The number of hydrogen-bond acceptors (Lipinski definition) is 4. The quantitative estimate of drug-likeness (QED) is 0.711. The second-order valence-corrected chi connectivity index (χ2v) is 6.84. The lowest BCUT2D eigenvalue weighted by molar-refractivity contribution is 0.244. The van der Waals surface area contributed by atoms with Crippen LogP contribution in [0.3, 0.4) is 0 Å². The summed E-state index contributed by atoms with van der Waals surface area (Å²) in [5.41, 5.74) is 3.67. The van der Waals surface area contributed by atoms with Gasteiger partial charge in [0.2, 0.25) is 0 Å². The van der Waals surface area contributed by atoms with Crippen LogP contribution in [0.4, 0.5) is 0 Å². The third kappa shape index (κ3) is 4.18. The first kappa shape index (κ1) is 16.9. The Labute approximate surface area is 154 Å². The van der Waals surface area contributed by atoms with Gasteiger partial charge in [-0.15, -0.1) is 0 Å². The van der Waals surface area contributed by atoms with Gasteiger partial charge in [-0.1, -0.05) is 24.3 Å². The van der Waals surface area contributed by atoms with E-state index >= 15 is 0 Å². The first-order valence-corrected chi connectivity index (χ1v) is 9.30. The Balaban J connectivity index is 1.38. The van der Waals surface area contributed by atoms with Crippen LogP contribution in [0.5, 0.6) is 0 Å². The molecule has 2 aromatic heterocycles. The Morgan fingerprint density at radius 1 is 0.769 bits per heavy atom. The van der Waals surface area contributed by atoms with E-state index in [1.165, 1.54) is 17.7 Å². The van der Waals surface area contributed by atoms with E-state index in [9.17, 15) is 0 Å². The van der Waals surface area contributed by atoms with Crippen LogP contribution in [-0.2, 0) is 13.1 Å². The number of para-hydroxylation sites is 1. The van der Waals surface area contributed by atoms with Crippen molar-refractivity contribution in [2.75, 3.05) is 26.2 Å². The molecule has 0 saturated carbocycles. The standard InChI is InChI=1S/C21H25N5/c1-2-7-20(8-3-1)26-21(9-11-23-26)18-25-13-5-12-24(14-15-25)17-19-6-4-10-22-16-19/h1-4,6-11,16H,5,12-15,17-18H2. The number of nitrogens with zero attached hydrogens (tertiary/aromatic N) is 5. The zero-order valence-corrected chi connectivity index (χ0v) is 15.0. The second-order valence-electron chi connectivity index (χ2n) is 6.84. The highest BCUT2D eigenvalue weighted by Crippen LogP contribution is 2.14. The summed E-state index contributed by atoms with van der Waals surface area (Å²) in [5.74, 6) is 0. The van der Waals surface area contributed by atoms with Gasteiger partial charge in [0.05, 0.1) is 11.4 Å². The lowest BCUT2D eigenvalue weighted by atomic mass is 10.2. The van der Waals surface area contributed by atoms with Crippen LogP contribution in [0.25, 0.3) is 5.69 Å². The van der Waals surface area contributed by atoms with Crippen molar-refractivity contribution in [2.24, 2.45) is 0 Å². The summed E-state index contributed by atoms with van der Waals surface area (Å²) in [7, 11) is 0. The first-order valence-electron chi connectivity index (χ1n) is 9.30. The van der Waals surface area contributed by atoms with E-state index in [1.54, 1.807) is 0 Å². The van der Waals surface area contributed by atoms with Gasteiger partial charge in [-0.25, -0.2) is 4.68 Å². The monoisotopic (exact) mass is 347 g/mol. The second kappa shape index (κ2) is 8.25. The molecule has 0 radical (unpaired) electrons. The summed E-state index contributed by atoms with van der Waals surface area (Å²) in [6.07, 6.45) is 6.90. The average Bonchev–Trinajstić information content (AvgIpc) is 3.04. The van der Waals surface area contributed by atoms with Crippen molar-refractivity contribution < 1.29 is 0 Å². The normalized spacial score (nSPS) is 16.5. The van der Waals surface area contributed by atoms with E-state index < -0.39 is 0 Å². The molecule has 5 nitrogen and oxygen atoms in total. The molecule has 0 bridgehead atoms. The van der Waals surface area contributed by atoms with Crippen molar-refractivity contribution >= 4 is 0 Å². The van der Waals surface area contributed by atoms with Crippen molar-refractivity contribution in [3.63, 3.8) is 0 Å². The highest BCUT2D eigenvalue weighted by molar-refractivity contribution is 5.32. The summed E-state index contributed by atoms with van der Waals surface area (Å²) >= 11 is 0. The minimum atomic E-state index is 0.940. The molecule has 4 rings (SSSR count). The van der Waals surface area contributed by atoms with E-state index in [-0.39, 0.29) is 0 Å². The van der Waals surface area contributed by atoms with Crippen LogP contribution < -0.4 is 0 Å². The molecule has 1 aliphatic rings. The molecular weight excluding hydrogens is 322 g/mol. The molecule has 0 unspecified atom stereocenters. The number of aromatic nitrogens is 3. The van der Waals surface area contributed by atoms with E-state index in [0.717, 1.165) is 45.0 Å². The molecule has 1 aromatic carbocycles. The van der Waals surface area contributed by atoms with Crippen molar-refractivity contribution in [2.45, 2.75) is 19.5 Å². The molecule has 1 aliphatic heterocycles. The highest BCUT2D eigenvalue weighted by Gasteiger charge is 2.17. The minimum absolute atomic E-state index is 0.940. The molecule has 0 aliphatic carbocycles. The van der Waals surface area contributed by atoms with Crippen molar-refractivity contribution in [3.8, 4) is 5.69 Å². The van der Waals surface area contributed by atoms with Gasteiger partial charge in [-0.3, -0.25) is 14.8 Å². The molecule has 0 spiro atoms. The fourth-order valence-corrected chi connectivity index (χ4v) is 3.57.